The van der Waals surface area contributed by atoms with Gasteiger partial charge in [0.15, 0.2) is 0 Å². The lowest BCUT2D eigenvalue weighted by atomic mass is 10.1. The Bertz CT molecular complexity index is 1930. The highest BCUT2D eigenvalue weighted by atomic mass is 35.5. The van der Waals surface area contributed by atoms with Crippen LogP contribution in [0.25, 0.3) is 0 Å². The third-order valence-corrected chi connectivity index (χ3v) is 8.23. The van der Waals surface area contributed by atoms with Crippen LogP contribution >= 0.6 is 11.6 Å². The first-order chi connectivity index (χ1) is 27.5. The SMILES string of the molecule is CC(=O)Cl.CCOc1nc2nc(n1)NCCCCCNC(=O)c1ccc(cc1)C2.CCOc1nc2nc(n1)NCCN(C(C)=O)CCNC(=O)c1ccc(cc1)C2. The molecule has 0 unspecified atom stereocenters. The van der Waals surface area contributed by atoms with Crippen LogP contribution in [0.5, 0.6) is 12.0 Å². The van der Waals surface area contributed by atoms with Crippen LogP contribution in [0.3, 0.4) is 0 Å². The zero-order valence-electron chi connectivity index (χ0n) is 32.8. The Morgan fingerprint density at radius 1 is 0.614 bits per heavy atom. The molecular formula is C39H50ClN11O6. The molecule has 4 N–H and O–H groups in total. The Labute approximate surface area is 337 Å². The van der Waals surface area contributed by atoms with Gasteiger partial charge in [0.1, 0.15) is 11.6 Å². The average molecular weight is 804 g/mol. The van der Waals surface area contributed by atoms with Gasteiger partial charge in [-0.25, -0.2) is 0 Å². The van der Waals surface area contributed by atoms with Gasteiger partial charge in [0, 0.05) is 77.1 Å². The molecule has 0 radical (unpaired) electrons. The molecule has 17 nitrogen and oxygen atoms in total. The van der Waals surface area contributed by atoms with Crippen molar-refractivity contribution in [2.45, 2.75) is 59.8 Å². The van der Waals surface area contributed by atoms with Crippen molar-refractivity contribution in [1.82, 2.24) is 45.4 Å². The molecule has 4 aliphatic rings. The van der Waals surface area contributed by atoms with Crippen LogP contribution in [-0.2, 0) is 22.4 Å². The maximum absolute atomic E-state index is 12.3. The van der Waals surface area contributed by atoms with Crippen LogP contribution in [-0.4, -0.2) is 110 Å². The molecule has 0 atom stereocenters. The summed E-state index contributed by atoms with van der Waals surface area (Å²) in [7, 11) is 0. The highest BCUT2D eigenvalue weighted by Gasteiger charge is 2.14. The number of anilines is 2. The second kappa shape index (κ2) is 23.2. The van der Waals surface area contributed by atoms with Crippen LogP contribution in [0.4, 0.5) is 11.9 Å². The summed E-state index contributed by atoms with van der Waals surface area (Å²) in [5, 5.41) is 11.8. The zero-order valence-corrected chi connectivity index (χ0v) is 33.5. The van der Waals surface area contributed by atoms with Gasteiger partial charge in [0.05, 0.1) is 13.2 Å². The van der Waals surface area contributed by atoms with E-state index in [0.717, 1.165) is 36.9 Å². The fraction of sp³-hybridized carbons (Fsp3) is 0.436. The molecule has 2 aromatic heterocycles. The Kier molecular flexibility index (Phi) is 17.8. The van der Waals surface area contributed by atoms with Gasteiger partial charge in [-0.2, -0.15) is 29.9 Å². The highest BCUT2D eigenvalue weighted by molar-refractivity contribution is 6.62. The number of halogens is 1. The summed E-state index contributed by atoms with van der Waals surface area (Å²) in [4.78, 5) is 73.3. The van der Waals surface area contributed by atoms with Crippen molar-refractivity contribution in [2.24, 2.45) is 0 Å². The zero-order chi connectivity index (χ0) is 41.0. The van der Waals surface area contributed by atoms with Crippen LogP contribution < -0.4 is 30.7 Å². The van der Waals surface area contributed by atoms with Gasteiger partial charge in [-0.15, -0.1) is 0 Å². The first-order valence-corrected chi connectivity index (χ1v) is 19.3. The van der Waals surface area contributed by atoms with E-state index >= 15 is 0 Å². The molecule has 0 spiro atoms. The molecule has 4 aliphatic heterocycles. The molecule has 0 saturated heterocycles. The third kappa shape index (κ3) is 15.6. The van der Waals surface area contributed by atoms with Crippen LogP contribution in [0.15, 0.2) is 48.5 Å². The minimum Gasteiger partial charge on any atom is -0.464 e. The third-order valence-electron chi connectivity index (χ3n) is 8.23. The lowest BCUT2D eigenvalue weighted by Crippen LogP contribution is -2.40. The molecule has 6 heterocycles. The number of amides is 3. The predicted molar refractivity (Wildman–Crippen MR) is 215 cm³/mol. The predicted octanol–water partition coefficient (Wildman–Crippen LogP) is 3.82. The van der Waals surface area contributed by atoms with Gasteiger partial charge in [-0.05, 0) is 80.1 Å². The van der Waals surface area contributed by atoms with Gasteiger partial charge in [0.2, 0.25) is 23.0 Å². The fourth-order valence-electron chi connectivity index (χ4n) is 5.48. The fourth-order valence-corrected chi connectivity index (χ4v) is 5.48. The topological polar surface area (TPSA) is 215 Å². The molecule has 3 amide bonds. The number of ether oxygens (including phenoxy) is 2. The number of hydrogen-bond donors (Lipinski definition) is 4. The van der Waals surface area contributed by atoms with E-state index in [1.54, 1.807) is 17.0 Å². The molecule has 18 heteroatoms. The number of aromatic nitrogens is 6. The monoisotopic (exact) mass is 803 g/mol. The number of fused-ring (bicyclic) bond motifs is 18. The maximum Gasteiger partial charge on any atom is 0.321 e. The van der Waals surface area contributed by atoms with Gasteiger partial charge >= 0.3 is 12.0 Å². The summed E-state index contributed by atoms with van der Waals surface area (Å²) in [5.74, 6) is 1.91. The number of nitrogens with zero attached hydrogens (tertiary/aromatic N) is 7. The molecule has 0 aliphatic carbocycles. The molecule has 2 aromatic carbocycles. The summed E-state index contributed by atoms with van der Waals surface area (Å²) in [5.41, 5.74) is 3.25. The summed E-state index contributed by atoms with van der Waals surface area (Å²) < 4.78 is 10.9. The standard InChI is InChI=1S/C19H24N6O3.C18H23N5O2.C2H3ClO/c1-3-28-19-23-16-12-14-4-6-15(7-5-14)17(27)20-8-10-25(13(2)26)11-9-21-18(22-16)24-19;1-2-25-18-22-15-12-13-6-8-14(9-7-13)16(24)19-10-4-3-5-11-20-17(21-15)23-18;1-2(3)4/h4-7H,3,8-12H2,1-2H3,(H,20,27)(H,21,22,23,24);6-9H,2-5,10-12H2,1H3,(H,19,24)(H,20,21,22,23);1H3. The Morgan fingerprint density at radius 3 is 1.46 bits per heavy atom. The first kappa shape index (κ1) is 43.8. The van der Waals surface area contributed by atoms with Crippen molar-refractivity contribution in [1.29, 1.82) is 0 Å². The number of carbonyl (C=O) groups excluding carboxylic acids is 4. The number of benzene rings is 2. The average Bonchev–Trinajstić information content (AvgIpc) is 3.17. The normalized spacial score (nSPS) is 14.5. The van der Waals surface area contributed by atoms with E-state index in [1.165, 1.54) is 13.8 Å². The van der Waals surface area contributed by atoms with Crippen LogP contribution in [0, 0.1) is 0 Å². The molecule has 0 saturated carbocycles. The summed E-state index contributed by atoms with van der Waals surface area (Å²) >= 11 is 4.64. The minimum absolute atomic E-state index is 0.0298. The molecule has 304 valence electrons. The van der Waals surface area contributed by atoms with Crippen LogP contribution in [0.1, 0.15) is 90.4 Å². The highest BCUT2D eigenvalue weighted by Crippen LogP contribution is 2.15. The summed E-state index contributed by atoms with van der Waals surface area (Å²) in [6.45, 7) is 10.7. The van der Waals surface area contributed by atoms with E-state index in [1.807, 2.05) is 50.2 Å². The molecular weight excluding hydrogens is 754 g/mol. The number of carbonyl (C=O) groups is 4. The van der Waals surface area contributed by atoms with Crippen molar-refractivity contribution in [3.05, 3.63) is 82.4 Å². The van der Waals surface area contributed by atoms with Gasteiger partial charge in [0.25, 0.3) is 11.8 Å². The van der Waals surface area contributed by atoms with Crippen molar-refractivity contribution in [3.8, 4) is 12.0 Å². The molecule has 8 bridgehead atoms. The lowest BCUT2D eigenvalue weighted by molar-refractivity contribution is -0.128. The minimum atomic E-state index is -0.361. The lowest BCUT2D eigenvalue weighted by Gasteiger charge is -2.21. The van der Waals surface area contributed by atoms with E-state index in [2.05, 4.69) is 62.8 Å². The van der Waals surface area contributed by atoms with E-state index in [0.29, 0.717) is 99.5 Å². The van der Waals surface area contributed by atoms with E-state index in [9.17, 15) is 19.2 Å². The van der Waals surface area contributed by atoms with Crippen molar-refractivity contribution in [2.75, 3.05) is 63.1 Å². The summed E-state index contributed by atoms with van der Waals surface area (Å²) in [6.07, 6.45) is 3.98. The van der Waals surface area contributed by atoms with E-state index in [4.69, 9.17) is 9.47 Å². The second-order valence-electron chi connectivity index (χ2n) is 12.7. The van der Waals surface area contributed by atoms with Gasteiger partial charge < -0.3 is 35.6 Å². The summed E-state index contributed by atoms with van der Waals surface area (Å²) in [6, 6.07) is 15.4. The second-order valence-corrected chi connectivity index (χ2v) is 13.3. The Balaban J connectivity index is 0.000000232. The van der Waals surface area contributed by atoms with Crippen molar-refractivity contribution >= 4 is 46.5 Å². The maximum atomic E-state index is 12.3. The Morgan fingerprint density at radius 2 is 1.02 bits per heavy atom. The van der Waals surface area contributed by atoms with Crippen LogP contribution in [0.2, 0.25) is 0 Å². The number of nitrogens with one attached hydrogen (secondary N) is 4. The van der Waals surface area contributed by atoms with Crippen molar-refractivity contribution in [3.63, 3.8) is 0 Å². The largest absolute Gasteiger partial charge is 0.464 e. The van der Waals surface area contributed by atoms with Gasteiger partial charge in [-0.3, -0.25) is 19.2 Å². The number of rotatable bonds is 4. The smallest absolute Gasteiger partial charge is 0.321 e. The van der Waals surface area contributed by atoms with Crippen molar-refractivity contribution < 1.29 is 28.7 Å². The first-order valence-electron chi connectivity index (χ1n) is 18.9. The number of hydrogen-bond acceptors (Lipinski definition) is 14. The van der Waals surface area contributed by atoms with E-state index in [-0.39, 0.29) is 29.0 Å². The molecule has 4 aromatic rings. The Hall–Kier alpha value is -5.97. The van der Waals surface area contributed by atoms with E-state index < -0.39 is 0 Å². The molecule has 8 rings (SSSR count). The van der Waals surface area contributed by atoms with Gasteiger partial charge in [-0.1, -0.05) is 24.3 Å². The quantitative estimate of drug-likeness (QED) is 0.171. The molecule has 0 fully saturated rings. The molecule has 57 heavy (non-hydrogen) atoms.